The Morgan fingerprint density at radius 3 is 2.54 bits per heavy atom. The third-order valence-electron chi connectivity index (χ3n) is 4.57. The van der Waals surface area contributed by atoms with E-state index in [4.69, 9.17) is 21.2 Å². The van der Waals surface area contributed by atoms with Gasteiger partial charge in [-0.2, -0.15) is 0 Å². The lowest BCUT2D eigenvalue weighted by molar-refractivity contribution is -0.384. The average molecular weight is 402 g/mol. The van der Waals surface area contributed by atoms with Crippen LogP contribution in [0.2, 0.25) is 5.02 Å². The number of rotatable bonds is 4. The van der Waals surface area contributed by atoms with Gasteiger partial charge in [0.15, 0.2) is 0 Å². The summed E-state index contributed by atoms with van der Waals surface area (Å²) in [6.45, 7) is 0. The first-order chi connectivity index (χ1) is 13.4. The van der Waals surface area contributed by atoms with E-state index in [-0.39, 0.29) is 17.1 Å². The largest absolute Gasteiger partial charge is 0.495 e. The molecule has 2 aromatic rings. The monoisotopic (exact) mass is 401 g/mol. The van der Waals surface area contributed by atoms with Crippen LogP contribution in [0.15, 0.2) is 47.6 Å². The highest BCUT2D eigenvalue weighted by atomic mass is 35.5. The Morgan fingerprint density at radius 2 is 1.89 bits per heavy atom. The number of fused-ring (bicyclic) bond motifs is 1. The molecule has 0 radical (unpaired) electrons. The lowest BCUT2D eigenvalue weighted by atomic mass is 9.94. The molecule has 2 aliphatic rings. The van der Waals surface area contributed by atoms with E-state index < -0.39 is 28.8 Å². The third-order valence-corrected chi connectivity index (χ3v) is 4.82. The molecule has 10 heteroatoms. The number of imide groups is 1. The molecule has 0 bridgehead atoms. The topological polar surface area (TPSA) is 111 Å². The maximum absolute atomic E-state index is 13.1. The number of non-ortho nitro benzene ring substituents is 1. The maximum Gasteiger partial charge on any atom is 0.279 e. The molecule has 1 saturated heterocycles. The lowest BCUT2D eigenvalue weighted by Crippen LogP contribution is -2.33. The molecule has 1 fully saturated rings. The first-order valence-electron chi connectivity index (χ1n) is 8.12. The fourth-order valence-electron chi connectivity index (χ4n) is 3.24. The van der Waals surface area contributed by atoms with Gasteiger partial charge >= 0.3 is 0 Å². The summed E-state index contributed by atoms with van der Waals surface area (Å²) in [7, 11) is 1.34. The van der Waals surface area contributed by atoms with Crippen molar-refractivity contribution < 1.29 is 24.1 Å². The van der Waals surface area contributed by atoms with Gasteiger partial charge in [0.2, 0.25) is 12.0 Å². The van der Waals surface area contributed by atoms with Crippen LogP contribution in [0.4, 0.5) is 11.4 Å². The van der Waals surface area contributed by atoms with Gasteiger partial charge in [0.25, 0.3) is 11.6 Å². The third kappa shape index (κ3) is 2.67. The number of nitro groups is 1. The number of halogens is 1. The average Bonchev–Trinajstić information content (AvgIpc) is 3.22. The molecule has 9 nitrogen and oxygen atoms in total. The van der Waals surface area contributed by atoms with E-state index in [1.165, 1.54) is 19.2 Å². The molecular formula is C18H12ClN3O6. The summed E-state index contributed by atoms with van der Waals surface area (Å²) in [6, 6.07) is 10.3. The van der Waals surface area contributed by atoms with Crippen molar-refractivity contribution in [3.8, 4) is 5.75 Å². The van der Waals surface area contributed by atoms with Crippen molar-refractivity contribution >= 4 is 40.5 Å². The van der Waals surface area contributed by atoms with Crippen LogP contribution in [0.5, 0.6) is 5.75 Å². The molecule has 2 amide bonds. The van der Waals surface area contributed by atoms with Crippen LogP contribution in [0, 0.1) is 16.0 Å². The van der Waals surface area contributed by atoms with Crippen molar-refractivity contribution in [2.75, 3.05) is 12.0 Å². The molecule has 0 unspecified atom stereocenters. The summed E-state index contributed by atoms with van der Waals surface area (Å²) >= 11 is 5.89. The van der Waals surface area contributed by atoms with Crippen LogP contribution >= 0.6 is 11.6 Å². The molecule has 0 aliphatic carbocycles. The van der Waals surface area contributed by atoms with Crippen LogP contribution < -0.4 is 9.64 Å². The number of carbonyl (C=O) groups is 2. The molecule has 0 saturated carbocycles. The highest BCUT2D eigenvalue weighted by Gasteiger charge is 2.56. The van der Waals surface area contributed by atoms with Gasteiger partial charge < -0.3 is 9.57 Å². The summed E-state index contributed by atoms with van der Waals surface area (Å²) in [5.74, 6) is -2.07. The van der Waals surface area contributed by atoms with Crippen molar-refractivity contribution in [2.45, 2.75) is 6.10 Å². The standard InChI is InChI=1S/C18H12ClN3O6/c1-27-13-7-6-11(22(25)26)8-12(13)21-17(23)14-15(20-28-16(14)18(21)24)9-2-4-10(19)5-3-9/h2-8,14,16H,1H3/t14-,16+/m1/s1. The molecule has 0 spiro atoms. The molecule has 0 N–H and O–H groups in total. The lowest BCUT2D eigenvalue weighted by Gasteiger charge is -2.18. The van der Waals surface area contributed by atoms with Crippen LogP contribution in [0.3, 0.4) is 0 Å². The fourth-order valence-corrected chi connectivity index (χ4v) is 3.37. The van der Waals surface area contributed by atoms with Gasteiger partial charge in [0.05, 0.1) is 12.0 Å². The number of amides is 2. The Kier molecular flexibility index (Phi) is 4.23. The minimum atomic E-state index is -1.14. The molecule has 4 rings (SSSR count). The number of carbonyl (C=O) groups excluding carboxylic acids is 2. The molecule has 2 atom stereocenters. The number of nitro benzene ring substituents is 1. The molecule has 2 aromatic carbocycles. The first-order valence-corrected chi connectivity index (χ1v) is 8.50. The molecular weight excluding hydrogens is 390 g/mol. The second-order valence-electron chi connectivity index (χ2n) is 6.11. The number of nitrogens with zero attached hydrogens (tertiary/aromatic N) is 3. The molecule has 28 heavy (non-hydrogen) atoms. The molecule has 142 valence electrons. The zero-order valence-corrected chi connectivity index (χ0v) is 15.1. The van der Waals surface area contributed by atoms with Gasteiger partial charge in [-0.25, -0.2) is 4.90 Å². The number of anilines is 1. The first kappa shape index (κ1) is 17.9. The van der Waals surface area contributed by atoms with Gasteiger partial charge in [-0.3, -0.25) is 19.7 Å². The quantitative estimate of drug-likeness (QED) is 0.442. The van der Waals surface area contributed by atoms with Crippen LogP contribution in [-0.2, 0) is 14.4 Å². The maximum atomic E-state index is 13.1. The van der Waals surface area contributed by atoms with Crippen molar-refractivity contribution in [2.24, 2.45) is 11.1 Å². The summed E-state index contributed by atoms with van der Waals surface area (Å²) in [4.78, 5) is 42.5. The predicted molar refractivity (Wildman–Crippen MR) is 98.5 cm³/mol. The smallest absolute Gasteiger partial charge is 0.279 e. The van der Waals surface area contributed by atoms with E-state index in [2.05, 4.69) is 5.16 Å². The fraction of sp³-hybridized carbons (Fsp3) is 0.167. The molecule has 2 heterocycles. The van der Waals surface area contributed by atoms with Gasteiger partial charge in [-0.15, -0.1) is 0 Å². The minimum Gasteiger partial charge on any atom is -0.495 e. The van der Waals surface area contributed by atoms with Gasteiger partial charge in [-0.1, -0.05) is 28.9 Å². The van der Waals surface area contributed by atoms with Crippen molar-refractivity contribution in [1.82, 2.24) is 0 Å². The van der Waals surface area contributed by atoms with Gasteiger partial charge in [0, 0.05) is 22.7 Å². The van der Waals surface area contributed by atoms with Crippen molar-refractivity contribution in [3.05, 3.63) is 63.2 Å². The van der Waals surface area contributed by atoms with Gasteiger partial charge in [0.1, 0.15) is 23.1 Å². The van der Waals surface area contributed by atoms with E-state index in [0.717, 1.165) is 11.0 Å². The number of oxime groups is 1. The summed E-state index contributed by atoms with van der Waals surface area (Å²) in [5.41, 5.74) is 0.596. The van der Waals surface area contributed by atoms with E-state index in [9.17, 15) is 19.7 Å². The Bertz CT molecular complexity index is 1040. The highest BCUT2D eigenvalue weighted by molar-refractivity contribution is 6.33. The Balaban J connectivity index is 1.75. The van der Waals surface area contributed by atoms with Gasteiger partial charge in [-0.05, 0) is 18.2 Å². The van der Waals surface area contributed by atoms with Crippen LogP contribution in [0.25, 0.3) is 0 Å². The van der Waals surface area contributed by atoms with E-state index in [1.54, 1.807) is 24.3 Å². The number of hydrogen-bond acceptors (Lipinski definition) is 7. The number of benzene rings is 2. The minimum absolute atomic E-state index is 0.0137. The summed E-state index contributed by atoms with van der Waals surface area (Å²) in [5, 5.41) is 15.5. The van der Waals surface area contributed by atoms with E-state index in [0.29, 0.717) is 16.3 Å². The van der Waals surface area contributed by atoms with Crippen molar-refractivity contribution in [3.63, 3.8) is 0 Å². The Hall–Kier alpha value is -3.46. The number of methoxy groups -OCH3 is 1. The Morgan fingerprint density at radius 1 is 1.18 bits per heavy atom. The summed E-state index contributed by atoms with van der Waals surface area (Å²) in [6.07, 6.45) is -1.14. The van der Waals surface area contributed by atoms with E-state index >= 15 is 0 Å². The zero-order chi connectivity index (χ0) is 20.0. The Labute approximate surface area is 163 Å². The van der Waals surface area contributed by atoms with E-state index in [1.807, 2.05) is 0 Å². The second-order valence-corrected chi connectivity index (χ2v) is 6.55. The highest BCUT2D eigenvalue weighted by Crippen LogP contribution is 2.40. The SMILES string of the molecule is COc1ccc([N+](=O)[O-])cc1N1C(=O)[C@@H]2C(c3ccc(Cl)cc3)=NO[C@@H]2C1=O. The zero-order valence-electron chi connectivity index (χ0n) is 14.4. The number of ether oxygens (including phenoxy) is 1. The van der Waals surface area contributed by atoms with Crippen molar-refractivity contribution in [1.29, 1.82) is 0 Å². The summed E-state index contributed by atoms with van der Waals surface area (Å²) < 4.78 is 5.18. The number of hydrogen-bond donors (Lipinski definition) is 0. The van der Waals surface area contributed by atoms with Crippen LogP contribution in [-0.4, -0.2) is 35.7 Å². The predicted octanol–water partition coefficient (Wildman–Crippen LogP) is 2.55. The molecule has 2 aliphatic heterocycles. The van der Waals surface area contributed by atoms with Crippen LogP contribution in [0.1, 0.15) is 5.56 Å². The normalized spacial score (nSPS) is 20.6. The second kappa shape index (κ2) is 6.61. The molecule has 0 aromatic heterocycles.